The molecule has 0 radical (unpaired) electrons. The Morgan fingerprint density at radius 2 is 1.23 bits per heavy atom. The summed E-state index contributed by atoms with van der Waals surface area (Å²) in [6.07, 6.45) is 0. The predicted octanol–water partition coefficient (Wildman–Crippen LogP) is 8.04. The summed E-state index contributed by atoms with van der Waals surface area (Å²) < 4.78 is 0. The highest BCUT2D eigenvalue weighted by Gasteiger charge is 2.12. The smallest absolute Gasteiger partial charge is 0.0286 e. The minimum absolute atomic E-state index is 0.869. The number of alkyl halides is 2. The van der Waals surface area contributed by atoms with Crippen molar-refractivity contribution in [3.05, 3.63) is 83.9 Å². The Kier molecular flexibility index (Phi) is 3.99. The maximum Gasteiger partial charge on any atom is 0.0286 e. The lowest BCUT2D eigenvalue weighted by molar-refractivity contribution is 1.30. The van der Waals surface area contributed by atoms with Crippen molar-refractivity contribution < 1.29 is 0 Å². The van der Waals surface area contributed by atoms with Gasteiger partial charge in [-0.05, 0) is 60.6 Å². The Labute approximate surface area is 169 Å². The van der Waals surface area contributed by atoms with Gasteiger partial charge in [0.05, 0.1) is 0 Å². The van der Waals surface area contributed by atoms with E-state index in [-0.39, 0.29) is 0 Å². The molecule has 0 aromatic heterocycles. The molecule has 0 N–H and O–H groups in total. The second kappa shape index (κ2) is 6.37. The number of hydrogen-bond acceptors (Lipinski definition) is 0. The van der Waals surface area contributed by atoms with Crippen LogP contribution in [0.4, 0.5) is 0 Å². The Balaban J connectivity index is 1.87. The summed E-state index contributed by atoms with van der Waals surface area (Å²) in [7, 11) is 0. The van der Waals surface area contributed by atoms with Crippen LogP contribution in [0.3, 0.4) is 0 Å². The summed E-state index contributed by atoms with van der Waals surface area (Å²) >= 11 is 7.23. The Bertz CT molecular complexity index is 1240. The monoisotopic (exact) mass is 462 g/mol. The molecule has 0 atom stereocenters. The molecule has 26 heavy (non-hydrogen) atoms. The van der Waals surface area contributed by atoms with Crippen LogP contribution in [-0.2, 0) is 10.7 Å². The summed E-state index contributed by atoms with van der Waals surface area (Å²) in [4.78, 5) is 0. The predicted molar refractivity (Wildman–Crippen MR) is 121 cm³/mol. The molecule has 0 saturated carbocycles. The fourth-order valence-corrected chi connectivity index (χ4v) is 5.10. The Hall–Kier alpha value is -1.90. The molecule has 0 amide bonds. The summed E-state index contributed by atoms with van der Waals surface area (Å²) in [5, 5.41) is 9.78. The van der Waals surface area contributed by atoms with Crippen LogP contribution in [0.15, 0.2) is 72.8 Å². The molecule has 0 saturated heterocycles. The van der Waals surface area contributed by atoms with Crippen LogP contribution in [0.25, 0.3) is 43.4 Å². The van der Waals surface area contributed by atoms with E-state index in [0.29, 0.717) is 0 Å². The minimum atomic E-state index is 0.869. The average molecular weight is 464 g/mol. The highest BCUT2D eigenvalue weighted by Crippen LogP contribution is 2.39. The number of halogens is 2. The molecule has 5 aromatic rings. The van der Waals surface area contributed by atoms with Gasteiger partial charge in [-0.1, -0.05) is 98.6 Å². The Morgan fingerprint density at radius 1 is 0.577 bits per heavy atom. The quantitative estimate of drug-likeness (QED) is 0.187. The van der Waals surface area contributed by atoms with Gasteiger partial charge in [0.25, 0.3) is 0 Å². The second-order valence-electron chi connectivity index (χ2n) is 6.72. The molecule has 0 nitrogen and oxygen atoms in total. The minimum Gasteiger partial charge on any atom is -0.0876 e. The van der Waals surface area contributed by atoms with Crippen molar-refractivity contribution in [2.24, 2.45) is 0 Å². The third-order valence-corrected chi connectivity index (χ3v) is 6.54. The molecule has 0 spiro atoms. The first-order valence-corrected chi connectivity index (χ1v) is 10.9. The van der Waals surface area contributed by atoms with Crippen molar-refractivity contribution in [2.45, 2.75) is 10.7 Å². The molecule has 126 valence electrons. The van der Waals surface area contributed by atoms with E-state index in [1.807, 2.05) is 0 Å². The first-order chi connectivity index (χ1) is 12.8. The number of rotatable bonds is 3. The van der Waals surface area contributed by atoms with Crippen LogP contribution in [0.2, 0.25) is 0 Å². The molecule has 5 aromatic carbocycles. The van der Waals surface area contributed by atoms with Gasteiger partial charge < -0.3 is 0 Å². The van der Waals surface area contributed by atoms with Crippen molar-refractivity contribution in [2.75, 3.05) is 0 Å². The van der Waals surface area contributed by atoms with Gasteiger partial charge >= 0.3 is 0 Å². The van der Waals surface area contributed by atoms with Crippen molar-refractivity contribution in [1.82, 2.24) is 0 Å². The molecule has 5 rings (SSSR count). The van der Waals surface area contributed by atoms with E-state index in [2.05, 4.69) is 105 Å². The van der Waals surface area contributed by atoms with Crippen molar-refractivity contribution in [1.29, 1.82) is 0 Å². The zero-order valence-electron chi connectivity index (χ0n) is 14.1. The largest absolute Gasteiger partial charge is 0.0876 e. The third-order valence-electron chi connectivity index (χ3n) is 5.33. The van der Waals surface area contributed by atoms with Gasteiger partial charge in [-0.15, -0.1) is 0 Å². The van der Waals surface area contributed by atoms with Gasteiger partial charge in [0, 0.05) is 10.7 Å². The van der Waals surface area contributed by atoms with Crippen molar-refractivity contribution >= 4 is 64.2 Å². The maximum atomic E-state index is 3.64. The van der Waals surface area contributed by atoms with Crippen LogP contribution >= 0.6 is 31.9 Å². The van der Waals surface area contributed by atoms with Crippen LogP contribution < -0.4 is 0 Å². The molecule has 0 aliphatic carbocycles. The number of benzene rings is 5. The van der Waals surface area contributed by atoms with Crippen LogP contribution in [-0.4, -0.2) is 0 Å². The fourth-order valence-electron chi connectivity index (χ4n) is 4.04. The first kappa shape index (κ1) is 16.3. The van der Waals surface area contributed by atoms with Crippen LogP contribution in [0, 0.1) is 0 Å². The normalized spacial score (nSPS) is 11.8. The van der Waals surface area contributed by atoms with Crippen LogP contribution in [0.5, 0.6) is 0 Å². The van der Waals surface area contributed by atoms with Crippen molar-refractivity contribution in [3.63, 3.8) is 0 Å². The van der Waals surface area contributed by atoms with Gasteiger partial charge in [-0.2, -0.15) is 0 Å². The lowest BCUT2D eigenvalue weighted by Crippen LogP contribution is -1.91. The standard InChI is InChI=1S/C24H16Br2/c25-13-19-7-6-18(12-20(19)14-26)21-10-8-17-5-4-15-2-1-3-16-9-11-22(21)24(17)23(15)16/h1-12H,13-14H2. The molecule has 0 bridgehead atoms. The van der Waals surface area contributed by atoms with E-state index in [9.17, 15) is 0 Å². The summed E-state index contributed by atoms with van der Waals surface area (Å²) in [6, 6.07) is 26.9. The molecule has 0 unspecified atom stereocenters. The third kappa shape index (κ3) is 2.39. The molecular formula is C24H16Br2. The highest BCUT2D eigenvalue weighted by atomic mass is 79.9. The van der Waals surface area contributed by atoms with E-state index in [0.717, 1.165) is 10.7 Å². The zero-order valence-corrected chi connectivity index (χ0v) is 17.3. The summed E-state index contributed by atoms with van der Waals surface area (Å²) in [5.74, 6) is 0. The molecular weight excluding hydrogens is 448 g/mol. The highest BCUT2D eigenvalue weighted by molar-refractivity contribution is 9.09. The lowest BCUT2D eigenvalue weighted by Gasteiger charge is -2.15. The zero-order chi connectivity index (χ0) is 17.7. The lowest BCUT2D eigenvalue weighted by atomic mass is 9.89. The topological polar surface area (TPSA) is 0 Å². The van der Waals surface area contributed by atoms with Gasteiger partial charge in [0.1, 0.15) is 0 Å². The van der Waals surface area contributed by atoms with E-state index >= 15 is 0 Å². The van der Waals surface area contributed by atoms with Gasteiger partial charge in [-0.3, -0.25) is 0 Å². The summed E-state index contributed by atoms with van der Waals surface area (Å²) in [5.41, 5.74) is 5.26. The first-order valence-electron chi connectivity index (χ1n) is 8.71. The second-order valence-corrected chi connectivity index (χ2v) is 7.84. The molecule has 0 aliphatic rings. The van der Waals surface area contributed by atoms with Crippen molar-refractivity contribution in [3.8, 4) is 11.1 Å². The van der Waals surface area contributed by atoms with E-state index in [1.165, 1.54) is 54.6 Å². The van der Waals surface area contributed by atoms with E-state index in [1.54, 1.807) is 0 Å². The number of hydrogen-bond donors (Lipinski definition) is 0. The van der Waals surface area contributed by atoms with Gasteiger partial charge in [-0.25, -0.2) is 0 Å². The Morgan fingerprint density at radius 3 is 1.96 bits per heavy atom. The SMILES string of the molecule is BrCc1ccc(-c2ccc3ccc4cccc5ccc2c3c45)cc1CBr. The van der Waals surface area contributed by atoms with Gasteiger partial charge in [0.15, 0.2) is 0 Å². The molecule has 2 heteroatoms. The van der Waals surface area contributed by atoms with Crippen LogP contribution in [0.1, 0.15) is 11.1 Å². The molecule has 0 fully saturated rings. The molecule has 0 aliphatic heterocycles. The summed E-state index contributed by atoms with van der Waals surface area (Å²) in [6.45, 7) is 0. The van der Waals surface area contributed by atoms with E-state index in [4.69, 9.17) is 0 Å². The fraction of sp³-hybridized carbons (Fsp3) is 0.0833. The average Bonchev–Trinajstić information content (AvgIpc) is 2.71. The van der Waals surface area contributed by atoms with Gasteiger partial charge in [0.2, 0.25) is 0 Å². The van der Waals surface area contributed by atoms with E-state index < -0.39 is 0 Å². The molecule has 0 heterocycles. The maximum absolute atomic E-state index is 3.64.